The molecule has 0 aliphatic heterocycles. The van der Waals surface area contributed by atoms with Crippen LogP contribution < -0.4 is 5.32 Å². The Morgan fingerprint density at radius 1 is 1.13 bits per heavy atom. The Labute approximate surface area is 92.3 Å². The zero-order valence-electron chi connectivity index (χ0n) is 9.77. The number of hydrogen-bond acceptors (Lipinski definition) is 2. The number of nitrogens with one attached hydrogen (secondary N) is 1. The number of hydrogen-bond donors (Lipinski definition) is 2. The van der Waals surface area contributed by atoms with Gasteiger partial charge in [0.15, 0.2) is 0 Å². The molecule has 2 atom stereocenters. The van der Waals surface area contributed by atoms with Gasteiger partial charge in [-0.3, -0.25) is 0 Å². The molecule has 1 aromatic rings. The van der Waals surface area contributed by atoms with E-state index in [0.717, 1.165) is 12.1 Å². The standard InChI is InChI=1S/C13H21NO/c1-10(2)9-14-11(3)13(15)12-7-5-4-6-8-12/h4-8,10-11,13-15H,9H2,1-3H3/t11-,13-/m0/s1. The number of aliphatic hydroxyl groups is 1. The summed E-state index contributed by atoms with van der Waals surface area (Å²) in [6, 6.07) is 9.87. The molecule has 0 bridgehead atoms. The molecular formula is C13H21NO. The second kappa shape index (κ2) is 5.89. The zero-order valence-corrected chi connectivity index (χ0v) is 9.77. The first-order valence-corrected chi connectivity index (χ1v) is 5.57. The lowest BCUT2D eigenvalue weighted by Gasteiger charge is -2.21. The number of aliphatic hydroxyl groups excluding tert-OH is 1. The van der Waals surface area contributed by atoms with Gasteiger partial charge in [-0.25, -0.2) is 0 Å². The van der Waals surface area contributed by atoms with Gasteiger partial charge in [-0.1, -0.05) is 44.2 Å². The summed E-state index contributed by atoms with van der Waals surface area (Å²) >= 11 is 0. The quantitative estimate of drug-likeness (QED) is 0.777. The van der Waals surface area contributed by atoms with Gasteiger partial charge in [-0.2, -0.15) is 0 Å². The molecule has 0 radical (unpaired) electrons. The lowest BCUT2D eigenvalue weighted by Crippen LogP contribution is -2.34. The van der Waals surface area contributed by atoms with E-state index in [-0.39, 0.29) is 6.04 Å². The highest BCUT2D eigenvalue weighted by molar-refractivity contribution is 5.18. The fourth-order valence-electron chi connectivity index (χ4n) is 1.47. The molecule has 0 amide bonds. The smallest absolute Gasteiger partial charge is 0.0940 e. The van der Waals surface area contributed by atoms with Gasteiger partial charge in [0.25, 0.3) is 0 Å². The third-order valence-corrected chi connectivity index (χ3v) is 2.46. The molecule has 0 saturated carbocycles. The minimum atomic E-state index is -0.426. The summed E-state index contributed by atoms with van der Waals surface area (Å²) in [5, 5.41) is 13.4. The lowest BCUT2D eigenvalue weighted by atomic mass is 10.0. The predicted octanol–water partition coefficient (Wildman–Crippen LogP) is 2.35. The summed E-state index contributed by atoms with van der Waals surface area (Å²) in [4.78, 5) is 0. The SMILES string of the molecule is CC(C)CN[C@@H](C)[C@H](O)c1ccccc1. The Kier molecular flexibility index (Phi) is 4.79. The monoisotopic (exact) mass is 207 g/mol. The Hall–Kier alpha value is -0.860. The third kappa shape index (κ3) is 4.02. The van der Waals surface area contributed by atoms with Crippen molar-refractivity contribution >= 4 is 0 Å². The molecule has 0 aromatic heterocycles. The molecule has 1 rings (SSSR count). The van der Waals surface area contributed by atoms with E-state index in [0.29, 0.717) is 5.92 Å². The molecule has 0 unspecified atom stereocenters. The molecule has 1 aromatic carbocycles. The van der Waals surface area contributed by atoms with Crippen LogP contribution in [0.4, 0.5) is 0 Å². The summed E-state index contributed by atoms with van der Waals surface area (Å²) in [6.07, 6.45) is -0.426. The van der Waals surface area contributed by atoms with Gasteiger partial charge in [-0.05, 0) is 24.9 Å². The van der Waals surface area contributed by atoms with E-state index in [1.54, 1.807) is 0 Å². The molecule has 0 aliphatic carbocycles. The summed E-state index contributed by atoms with van der Waals surface area (Å²) in [7, 11) is 0. The van der Waals surface area contributed by atoms with Crippen LogP contribution in [0.1, 0.15) is 32.4 Å². The van der Waals surface area contributed by atoms with Gasteiger partial charge in [0.2, 0.25) is 0 Å². The molecule has 84 valence electrons. The second-order valence-electron chi connectivity index (χ2n) is 4.45. The van der Waals surface area contributed by atoms with Crippen LogP contribution in [-0.4, -0.2) is 17.7 Å². The van der Waals surface area contributed by atoms with Crippen molar-refractivity contribution in [1.29, 1.82) is 0 Å². The van der Waals surface area contributed by atoms with Crippen LogP contribution in [-0.2, 0) is 0 Å². The van der Waals surface area contributed by atoms with Gasteiger partial charge >= 0.3 is 0 Å². The predicted molar refractivity (Wildman–Crippen MR) is 63.7 cm³/mol. The van der Waals surface area contributed by atoms with E-state index in [1.165, 1.54) is 0 Å². The average Bonchev–Trinajstić information content (AvgIpc) is 2.26. The first-order chi connectivity index (χ1) is 7.11. The van der Waals surface area contributed by atoms with Crippen LogP contribution in [0.5, 0.6) is 0 Å². The van der Waals surface area contributed by atoms with Gasteiger partial charge in [-0.15, -0.1) is 0 Å². The van der Waals surface area contributed by atoms with Gasteiger partial charge in [0.1, 0.15) is 0 Å². The van der Waals surface area contributed by atoms with Gasteiger partial charge in [0.05, 0.1) is 6.10 Å². The van der Waals surface area contributed by atoms with E-state index < -0.39 is 6.10 Å². The average molecular weight is 207 g/mol. The summed E-state index contributed by atoms with van der Waals surface area (Å²) < 4.78 is 0. The van der Waals surface area contributed by atoms with Crippen molar-refractivity contribution < 1.29 is 5.11 Å². The van der Waals surface area contributed by atoms with E-state index in [1.807, 2.05) is 37.3 Å². The first kappa shape index (κ1) is 12.2. The molecular weight excluding hydrogens is 186 g/mol. The summed E-state index contributed by atoms with van der Waals surface area (Å²) in [6.45, 7) is 7.27. The Balaban J connectivity index is 2.49. The Bertz CT molecular complexity index is 271. The fourth-order valence-corrected chi connectivity index (χ4v) is 1.47. The van der Waals surface area contributed by atoms with Gasteiger partial charge in [0, 0.05) is 6.04 Å². The third-order valence-electron chi connectivity index (χ3n) is 2.46. The fraction of sp³-hybridized carbons (Fsp3) is 0.538. The maximum atomic E-state index is 10.0. The van der Waals surface area contributed by atoms with E-state index in [2.05, 4.69) is 19.2 Å². The largest absolute Gasteiger partial charge is 0.387 e. The van der Waals surface area contributed by atoms with Crippen molar-refractivity contribution in [2.75, 3.05) is 6.54 Å². The minimum absolute atomic E-state index is 0.0924. The molecule has 15 heavy (non-hydrogen) atoms. The van der Waals surface area contributed by atoms with Crippen LogP contribution in [0, 0.1) is 5.92 Å². The molecule has 2 nitrogen and oxygen atoms in total. The molecule has 0 saturated heterocycles. The lowest BCUT2D eigenvalue weighted by molar-refractivity contribution is 0.134. The number of benzene rings is 1. The van der Waals surface area contributed by atoms with Crippen LogP contribution >= 0.6 is 0 Å². The molecule has 0 heterocycles. The van der Waals surface area contributed by atoms with Crippen molar-refractivity contribution in [1.82, 2.24) is 5.32 Å². The molecule has 0 spiro atoms. The van der Waals surface area contributed by atoms with Crippen molar-refractivity contribution in [2.24, 2.45) is 5.92 Å². The van der Waals surface area contributed by atoms with Crippen LogP contribution in [0.2, 0.25) is 0 Å². The second-order valence-corrected chi connectivity index (χ2v) is 4.45. The topological polar surface area (TPSA) is 32.3 Å². The normalized spacial score (nSPS) is 15.3. The Morgan fingerprint density at radius 2 is 1.73 bits per heavy atom. The number of rotatable bonds is 5. The van der Waals surface area contributed by atoms with Crippen molar-refractivity contribution in [3.8, 4) is 0 Å². The highest BCUT2D eigenvalue weighted by Crippen LogP contribution is 2.15. The highest BCUT2D eigenvalue weighted by atomic mass is 16.3. The molecule has 0 fully saturated rings. The molecule has 2 N–H and O–H groups in total. The Morgan fingerprint density at radius 3 is 2.27 bits per heavy atom. The first-order valence-electron chi connectivity index (χ1n) is 5.57. The molecule has 2 heteroatoms. The van der Waals surface area contributed by atoms with Crippen LogP contribution in [0.15, 0.2) is 30.3 Å². The van der Waals surface area contributed by atoms with E-state index in [9.17, 15) is 5.11 Å². The van der Waals surface area contributed by atoms with E-state index >= 15 is 0 Å². The van der Waals surface area contributed by atoms with Crippen molar-refractivity contribution in [2.45, 2.75) is 32.9 Å². The van der Waals surface area contributed by atoms with Crippen molar-refractivity contribution in [3.05, 3.63) is 35.9 Å². The van der Waals surface area contributed by atoms with Crippen LogP contribution in [0.25, 0.3) is 0 Å². The summed E-state index contributed by atoms with van der Waals surface area (Å²) in [5.74, 6) is 0.607. The maximum Gasteiger partial charge on any atom is 0.0940 e. The molecule has 0 aliphatic rings. The van der Waals surface area contributed by atoms with E-state index in [4.69, 9.17) is 0 Å². The highest BCUT2D eigenvalue weighted by Gasteiger charge is 2.15. The maximum absolute atomic E-state index is 10.0. The zero-order chi connectivity index (χ0) is 11.3. The summed E-state index contributed by atoms with van der Waals surface area (Å²) in [5.41, 5.74) is 0.973. The van der Waals surface area contributed by atoms with Crippen LogP contribution in [0.3, 0.4) is 0 Å². The minimum Gasteiger partial charge on any atom is -0.387 e. The van der Waals surface area contributed by atoms with Crippen molar-refractivity contribution in [3.63, 3.8) is 0 Å². The van der Waals surface area contributed by atoms with Gasteiger partial charge < -0.3 is 10.4 Å².